The van der Waals surface area contributed by atoms with Gasteiger partial charge in [-0.3, -0.25) is 9.52 Å². The van der Waals surface area contributed by atoms with Gasteiger partial charge in [-0.25, -0.2) is 8.42 Å². The number of aryl methyl sites for hydroxylation is 3. The topological polar surface area (TPSA) is 75.3 Å². The van der Waals surface area contributed by atoms with Crippen LogP contribution in [0.5, 0.6) is 0 Å². The molecule has 0 saturated heterocycles. The van der Waals surface area contributed by atoms with E-state index in [4.69, 9.17) is 0 Å². The van der Waals surface area contributed by atoms with Crippen LogP contribution >= 0.6 is 0 Å². The summed E-state index contributed by atoms with van der Waals surface area (Å²) in [5.74, 6) is -0.246. The lowest BCUT2D eigenvalue weighted by Crippen LogP contribution is -2.14. The minimum absolute atomic E-state index is 0.126. The number of carbonyl (C=O) groups excluding carboxylic acids is 1. The predicted octanol–water partition coefficient (Wildman–Crippen LogP) is 4.66. The van der Waals surface area contributed by atoms with Gasteiger partial charge < -0.3 is 5.32 Å². The molecule has 0 unspecified atom stereocenters. The Kier molecular flexibility index (Phi) is 5.51. The Morgan fingerprint density at radius 2 is 1.39 bits per heavy atom. The highest BCUT2D eigenvalue weighted by Gasteiger charge is 2.15. The van der Waals surface area contributed by atoms with Gasteiger partial charge in [0, 0.05) is 11.3 Å². The van der Waals surface area contributed by atoms with E-state index >= 15 is 0 Å². The van der Waals surface area contributed by atoms with Crippen LogP contribution in [0.25, 0.3) is 0 Å². The number of anilines is 2. The summed E-state index contributed by atoms with van der Waals surface area (Å²) in [6.45, 7) is 5.76. The van der Waals surface area contributed by atoms with Gasteiger partial charge in [0.15, 0.2) is 0 Å². The Bertz CT molecular complexity index is 1100. The normalized spacial score (nSPS) is 11.1. The molecule has 0 aliphatic rings. The van der Waals surface area contributed by atoms with Crippen LogP contribution < -0.4 is 10.0 Å². The van der Waals surface area contributed by atoms with E-state index in [0.29, 0.717) is 16.9 Å². The number of amides is 1. The van der Waals surface area contributed by atoms with Crippen molar-refractivity contribution in [3.63, 3.8) is 0 Å². The molecule has 3 aromatic carbocycles. The number of rotatable bonds is 5. The fraction of sp³-hybridized carbons (Fsp3) is 0.136. The Labute approximate surface area is 165 Å². The summed E-state index contributed by atoms with van der Waals surface area (Å²) in [6, 6.07) is 18.8. The number of sulfonamides is 1. The molecule has 0 radical (unpaired) electrons. The third-order valence-corrected chi connectivity index (χ3v) is 5.74. The van der Waals surface area contributed by atoms with Crippen molar-refractivity contribution in [3.05, 3.63) is 89.0 Å². The summed E-state index contributed by atoms with van der Waals surface area (Å²) < 4.78 is 27.9. The summed E-state index contributed by atoms with van der Waals surface area (Å²) >= 11 is 0. The predicted molar refractivity (Wildman–Crippen MR) is 112 cm³/mol. The molecule has 0 saturated carbocycles. The van der Waals surface area contributed by atoms with Crippen LogP contribution in [0.2, 0.25) is 0 Å². The summed E-state index contributed by atoms with van der Waals surface area (Å²) in [4.78, 5) is 12.4. The lowest BCUT2D eigenvalue weighted by molar-refractivity contribution is 0.102. The van der Waals surface area contributed by atoms with Gasteiger partial charge in [0.1, 0.15) is 0 Å². The average molecular weight is 394 g/mol. The lowest BCUT2D eigenvalue weighted by Gasteiger charge is -2.12. The van der Waals surface area contributed by atoms with Crippen LogP contribution in [0.3, 0.4) is 0 Å². The van der Waals surface area contributed by atoms with E-state index in [-0.39, 0.29) is 10.8 Å². The number of carbonyl (C=O) groups is 1. The summed E-state index contributed by atoms with van der Waals surface area (Å²) in [5, 5.41) is 2.77. The van der Waals surface area contributed by atoms with Crippen LogP contribution in [0.15, 0.2) is 71.6 Å². The van der Waals surface area contributed by atoms with E-state index in [2.05, 4.69) is 10.0 Å². The molecule has 3 rings (SSSR count). The zero-order valence-corrected chi connectivity index (χ0v) is 16.8. The van der Waals surface area contributed by atoms with E-state index in [9.17, 15) is 13.2 Å². The molecule has 3 aromatic rings. The minimum Gasteiger partial charge on any atom is -0.322 e. The number of benzene rings is 3. The second kappa shape index (κ2) is 7.86. The Hall–Kier alpha value is -3.12. The van der Waals surface area contributed by atoms with Gasteiger partial charge in [0.25, 0.3) is 15.9 Å². The van der Waals surface area contributed by atoms with E-state index in [1.54, 1.807) is 30.3 Å². The van der Waals surface area contributed by atoms with Crippen LogP contribution in [-0.2, 0) is 10.0 Å². The largest absolute Gasteiger partial charge is 0.322 e. The van der Waals surface area contributed by atoms with Gasteiger partial charge >= 0.3 is 0 Å². The molecule has 2 N–H and O–H groups in total. The maximum absolute atomic E-state index is 12.6. The smallest absolute Gasteiger partial charge is 0.261 e. The van der Waals surface area contributed by atoms with Crippen LogP contribution in [0, 0.1) is 20.8 Å². The van der Waals surface area contributed by atoms with E-state index in [0.717, 1.165) is 16.7 Å². The fourth-order valence-corrected chi connectivity index (χ4v) is 3.89. The molecule has 28 heavy (non-hydrogen) atoms. The van der Waals surface area contributed by atoms with Crippen molar-refractivity contribution in [2.75, 3.05) is 10.0 Å². The highest BCUT2D eigenvalue weighted by molar-refractivity contribution is 7.92. The maximum Gasteiger partial charge on any atom is 0.261 e. The Morgan fingerprint density at radius 3 is 2.00 bits per heavy atom. The van der Waals surface area contributed by atoms with Gasteiger partial charge in [0.05, 0.1) is 10.6 Å². The molecule has 0 heterocycles. The van der Waals surface area contributed by atoms with Crippen molar-refractivity contribution >= 4 is 27.3 Å². The first kappa shape index (κ1) is 19.6. The fourth-order valence-electron chi connectivity index (χ4n) is 2.76. The standard InChI is InChI=1S/C22H22N2O3S/c1-15-4-7-18(8-5-15)22(25)23-19-9-11-20(12-10-19)28(26,27)24-21-13-6-16(2)14-17(21)3/h4-14,24H,1-3H3,(H,23,25). The number of nitrogens with one attached hydrogen (secondary N) is 2. The second-order valence-corrected chi connectivity index (χ2v) is 8.45. The maximum atomic E-state index is 12.6. The third kappa shape index (κ3) is 4.58. The molecule has 144 valence electrons. The van der Waals surface area contributed by atoms with Crippen molar-refractivity contribution in [2.45, 2.75) is 25.7 Å². The third-order valence-electron chi connectivity index (χ3n) is 4.36. The highest BCUT2D eigenvalue weighted by Crippen LogP contribution is 2.22. The van der Waals surface area contributed by atoms with Crippen molar-refractivity contribution < 1.29 is 13.2 Å². The molecule has 0 aliphatic carbocycles. The SMILES string of the molecule is Cc1ccc(C(=O)Nc2ccc(S(=O)(=O)Nc3ccc(C)cc3C)cc2)cc1. The number of hydrogen-bond acceptors (Lipinski definition) is 3. The summed E-state index contributed by atoms with van der Waals surface area (Å²) in [6.07, 6.45) is 0. The van der Waals surface area contributed by atoms with Crippen LogP contribution in [-0.4, -0.2) is 14.3 Å². The minimum atomic E-state index is -3.71. The van der Waals surface area contributed by atoms with Gasteiger partial charge in [-0.05, 0) is 68.8 Å². The summed E-state index contributed by atoms with van der Waals surface area (Å²) in [7, 11) is -3.71. The van der Waals surface area contributed by atoms with Crippen LogP contribution in [0.1, 0.15) is 27.0 Å². The average Bonchev–Trinajstić information content (AvgIpc) is 2.65. The second-order valence-electron chi connectivity index (χ2n) is 6.77. The van der Waals surface area contributed by atoms with Gasteiger partial charge in [-0.15, -0.1) is 0 Å². The Balaban J connectivity index is 1.74. The Morgan fingerprint density at radius 1 is 0.786 bits per heavy atom. The highest BCUT2D eigenvalue weighted by atomic mass is 32.2. The summed E-state index contributed by atoms with van der Waals surface area (Å²) in [5.41, 5.74) is 4.60. The molecule has 6 heteroatoms. The first-order chi connectivity index (χ1) is 13.2. The van der Waals surface area contributed by atoms with Gasteiger partial charge in [-0.1, -0.05) is 35.4 Å². The van der Waals surface area contributed by atoms with E-state index in [1.165, 1.54) is 12.1 Å². The molecular weight excluding hydrogens is 372 g/mol. The quantitative estimate of drug-likeness (QED) is 0.661. The zero-order valence-electron chi connectivity index (χ0n) is 16.0. The van der Waals surface area contributed by atoms with Gasteiger partial charge in [0.2, 0.25) is 0 Å². The van der Waals surface area contributed by atoms with E-state index in [1.807, 2.05) is 45.0 Å². The van der Waals surface area contributed by atoms with Crippen molar-refractivity contribution in [1.29, 1.82) is 0 Å². The molecule has 0 spiro atoms. The molecule has 1 amide bonds. The molecule has 5 nitrogen and oxygen atoms in total. The number of hydrogen-bond donors (Lipinski definition) is 2. The van der Waals surface area contributed by atoms with Gasteiger partial charge in [-0.2, -0.15) is 0 Å². The monoisotopic (exact) mass is 394 g/mol. The molecule has 0 aliphatic heterocycles. The van der Waals surface area contributed by atoms with E-state index < -0.39 is 10.0 Å². The zero-order chi connectivity index (χ0) is 20.3. The van der Waals surface area contributed by atoms with Crippen molar-refractivity contribution in [3.8, 4) is 0 Å². The first-order valence-electron chi connectivity index (χ1n) is 8.83. The first-order valence-corrected chi connectivity index (χ1v) is 10.3. The molecule has 0 bridgehead atoms. The molecule has 0 aromatic heterocycles. The van der Waals surface area contributed by atoms with Crippen molar-refractivity contribution in [1.82, 2.24) is 0 Å². The van der Waals surface area contributed by atoms with Crippen molar-refractivity contribution in [2.24, 2.45) is 0 Å². The molecular formula is C22H22N2O3S. The lowest BCUT2D eigenvalue weighted by atomic mass is 10.1. The van der Waals surface area contributed by atoms with Crippen LogP contribution in [0.4, 0.5) is 11.4 Å². The molecule has 0 atom stereocenters. The molecule has 0 fully saturated rings.